The second-order valence-corrected chi connectivity index (χ2v) is 6.94. The molecule has 0 amide bonds. The summed E-state index contributed by atoms with van der Waals surface area (Å²) in [4.78, 5) is 1.26. The van der Waals surface area contributed by atoms with E-state index >= 15 is 0 Å². The monoisotopic (exact) mass is 326 g/mol. The lowest BCUT2D eigenvalue weighted by Gasteiger charge is -2.21. The summed E-state index contributed by atoms with van der Waals surface area (Å²) in [6.45, 7) is 8.27. The smallest absolute Gasteiger partial charge is 0.153 e. The molecule has 0 aliphatic heterocycles. The lowest BCUT2D eigenvalue weighted by molar-refractivity contribution is 0.380. The van der Waals surface area contributed by atoms with E-state index in [1.54, 1.807) is 0 Å². The molecule has 0 atom stereocenters. The van der Waals surface area contributed by atoms with Crippen LogP contribution in [0.1, 0.15) is 28.9 Å². The Morgan fingerprint density at radius 2 is 1.39 bits per heavy atom. The van der Waals surface area contributed by atoms with E-state index in [0.29, 0.717) is 0 Å². The summed E-state index contributed by atoms with van der Waals surface area (Å²) in [6.07, 6.45) is 0.0719. The molecule has 0 saturated heterocycles. The second kappa shape index (κ2) is 6.62. The normalized spacial score (nSPS) is 11.3. The molecule has 0 bridgehead atoms. The van der Waals surface area contributed by atoms with Gasteiger partial charge in [0.15, 0.2) is 6.17 Å². The van der Waals surface area contributed by atoms with E-state index in [9.17, 15) is 0 Å². The van der Waals surface area contributed by atoms with Gasteiger partial charge in [-0.3, -0.25) is 0 Å². The van der Waals surface area contributed by atoms with Gasteiger partial charge in [0, 0.05) is 22.0 Å². The molecule has 5 heteroatoms. The lowest BCUT2D eigenvalue weighted by Crippen LogP contribution is -2.25. The Morgan fingerprint density at radius 1 is 0.870 bits per heavy atom. The van der Waals surface area contributed by atoms with E-state index in [0.717, 1.165) is 28.5 Å². The maximum Gasteiger partial charge on any atom is 0.153 e. The molecule has 2 heterocycles. The van der Waals surface area contributed by atoms with Crippen LogP contribution in [0.25, 0.3) is 0 Å². The van der Waals surface area contributed by atoms with Gasteiger partial charge in [-0.05, 0) is 52.0 Å². The fraction of sp³-hybridized carbons (Fsp3) is 0.333. The molecule has 0 unspecified atom stereocenters. The highest BCUT2D eigenvalue weighted by atomic mass is 32.2. The van der Waals surface area contributed by atoms with Crippen LogP contribution in [0, 0.1) is 27.7 Å². The van der Waals surface area contributed by atoms with Gasteiger partial charge in [-0.15, -0.1) is 11.8 Å². The maximum atomic E-state index is 4.69. The van der Waals surface area contributed by atoms with Crippen molar-refractivity contribution >= 4 is 11.8 Å². The highest BCUT2D eigenvalue weighted by Crippen LogP contribution is 2.25. The van der Waals surface area contributed by atoms with Crippen LogP contribution in [0.15, 0.2) is 47.4 Å². The van der Waals surface area contributed by atoms with Crippen LogP contribution in [0.2, 0.25) is 0 Å². The number of aryl methyl sites for hydroxylation is 4. The quantitative estimate of drug-likeness (QED) is 0.661. The van der Waals surface area contributed by atoms with Gasteiger partial charge in [-0.25, -0.2) is 9.36 Å². The van der Waals surface area contributed by atoms with Gasteiger partial charge < -0.3 is 0 Å². The second-order valence-electron chi connectivity index (χ2n) is 5.85. The van der Waals surface area contributed by atoms with Crippen molar-refractivity contribution in [1.82, 2.24) is 19.6 Å². The molecule has 3 rings (SSSR count). The van der Waals surface area contributed by atoms with E-state index < -0.39 is 0 Å². The van der Waals surface area contributed by atoms with Gasteiger partial charge >= 0.3 is 0 Å². The molecule has 0 aliphatic carbocycles. The van der Waals surface area contributed by atoms with E-state index in [-0.39, 0.29) is 6.17 Å². The van der Waals surface area contributed by atoms with E-state index in [4.69, 9.17) is 10.2 Å². The number of aromatic nitrogens is 4. The predicted octanol–water partition coefficient (Wildman–Crippen LogP) is 4.15. The van der Waals surface area contributed by atoms with Gasteiger partial charge in [0.1, 0.15) is 0 Å². The Morgan fingerprint density at radius 3 is 1.83 bits per heavy atom. The highest BCUT2D eigenvalue weighted by molar-refractivity contribution is 7.99. The molecule has 23 heavy (non-hydrogen) atoms. The molecule has 3 aromatic rings. The number of hydrogen-bond donors (Lipinski definition) is 0. The average Bonchev–Trinajstić information content (AvgIpc) is 3.02. The Hall–Kier alpha value is -2.01. The standard InChI is InChI=1S/C18H22N4S/c1-13-10-15(3)21(19-13)18(22-16(4)11-14(2)20-22)12-23-17-8-6-5-7-9-17/h5-11,18H,12H2,1-4H3. The van der Waals surface area contributed by atoms with E-state index in [1.807, 2.05) is 31.7 Å². The van der Waals surface area contributed by atoms with E-state index in [1.165, 1.54) is 4.90 Å². The first kappa shape index (κ1) is 15.9. The van der Waals surface area contributed by atoms with Crippen molar-refractivity contribution in [3.05, 3.63) is 65.2 Å². The van der Waals surface area contributed by atoms with Crippen molar-refractivity contribution in [1.29, 1.82) is 0 Å². The minimum Gasteiger partial charge on any atom is -0.244 e. The molecule has 0 radical (unpaired) electrons. The fourth-order valence-electron chi connectivity index (χ4n) is 2.83. The molecule has 120 valence electrons. The summed E-state index contributed by atoms with van der Waals surface area (Å²) in [5.74, 6) is 0.883. The maximum absolute atomic E-state index is 4.69. The van der Waals surface area contributed by atoms with Crippen LogP contribution in [0.4, 0.5) is 0 Å². The van der Waals surface area contributed by atoms with Gasteiger partial charge in [-0.1, -0.05) is 18.2 Å². The first-order valence-corrected chi connectivity index (χ1v) is 8.76. The Labute approximate surface area is 141 Å². The Balaban J connectivity index is 1.93. The van der Waals surface area contributed by atoms with Crippen molar-refractivity contribution < 1.29 is 0 Å². The van der Waals surface area contributed by atoms with Gasteiger partial charge in [0.25, 0.3) is 0 Å². The van der Waals surface area contributed by atoms with Gasteiger partial charge in [0.2, 0.25) is 0 Å². The summed E-state index contributed by atoms with van der Waals surface area (Å²) in [5.41, 5.74) is 4.40. The third-order valence-corrected chi connectivity index (χ3v) is 4.87. The zero-order valence-electron chi connectivity index (χ0n) is 14.0. The van der Waals surface area contributed by atoms with Crippen LogP contribution < -0.4 is 0 Å². The predicted molar refractivity (Wildman–Crippen MR) is 95.0 cm³/mol. The number of rotatable bonds is 5. The highest BCUT2D eigenvalue weighted by Gasteiger charge is 2.20. The SMILES string of the molecule is Cc1cc(C)n(C(CSc2ccccc2)n2nc(C)cc2C)n1. The first-order valence-electron chi connectivity index (χ1n) is 7.78. The number of thioether (sulfide) groups is 1. The molecule has 0 spiro atoms. The summed E-state index contributed by atoms with van der Waals surface area (Å²) in [5, 5.41) is 9.38. The largest absolute Gasteiger partial charge is 0.244 e. The molecule has 4 nitrogen and oxygen atoms in total. The van der Waals surface area contributed by atoms with Crippen molar-refractivity contribution in [2.45, 2.75) is 38.8 Å². The minimum absolute atomic E-state index is 0.0719. The van der Waals surface area contributed by atoms with E-state index in [2.05, 4.69) is 59.6 Å². The average molecular weight is 326 g/mol. The third kappa shape index (κ3) is 3.50. The molecular weight excluding hydrogens is 304 g/mol. The minimum atomic E-state index is 0.0719. The summed E-state index contributed by atoms with van der Waals surface area (Å²) in [7, 11) is 0. The summed E-state index contributed by atoms with van der Waals surface area (Å²) in [6, 6.07) is 14.7. The molecule has 2 aromatic heterocycles. The molecule has 0 aliphatic rings. The van der Waals surface area contributed by atoms with Crippen LogP contribution in [0.5, 0.6) is 0 Å². The van der Waals surface area contributed by atoms with Crippen molar-refractivity contribution in [2.24, 2.45) is 0 Å². The van der Waals surface area contributed by atoms with Crippen molar-refractivity contribution in [2.75, 3.05) is 5.75 Å². The zero-order chi connectivity index (χ0) is 16.4. The topological polar surface area (TPSA) is 35.6 Å². The van der Waals surface area contributed by atoms with Crippen LogP contribution in [0.3, 0.4) is 0 Å². The first-order chi connectivity index (χ1) is 11.0. The Bertz CT molecular complexity index is 742. The molecule has 0 fully saturated rings. The van der Waals surface area contributed by atoms with Crippen LogP contribution in [-0.2, 0) is 0 Å². The number of benzene rings is 1. The van der Waals surface area contributed by atoms with Crippen LogP contribution in [-0.4, -0.2) is 25.3 Å². The number of hydrogen-bond acceptors (Lipinski definition) is 3. The lowest BCUT2D eigenvalue weighted by atomic mass is 10.4. The third-order valence-electron chi connectivity index (χ3n) is 3.80. The summed E-state index contributed by atoms with van der Waals surface area (Å²) < 4.78 is 4.18. The summed E-state index contributed by atoms with van der Waals surface area (Å²) >= 11 is 1.83. The van der Waals surface area contributed by atoms with Gasteiger partial charge in [0.05, 0.1) is 11.4 Å². The van der Waals surface area contributed by atoms with Crippen LogP contribution >= 0.6 is 11.8 Å². The van der Waals surface area contributed by atoms with Gasteiger partial charge in [-0.2, -0.15) is 10.2 Å². The number of nitrogens with zero attached hydrogens (tertiary/aromatic N) is 4. The molecular formula is C18H22N4S. The van der Waals surface area contributed by atoms with Crippen molar-refractivity contribution in [3.63, 3.8) is 0 Å². The molecule has 0 saturated carbocycles. The Kier molecular flexibility index (Phi) is 4.57. The zero-order valence-corrected chi connectivity index (χ0v) is 14.8. The molecule has 1 aromatic carbocycles. The molecule has 0 N–H and O–H groups in total. The fourth-order valence-corrected chi connectivity index (χ4v) is 3.80. The van der Waals surface area contributed by atoms with Crippen molar-refractivity contribution in [3.8, 4) is 0 Å².